The SMILES string of the molecule is CC[C@H]1CC[C@H](/C=C/C#C[C@H]2CC[C@H](OC(=O)c3ccc(C)cc3)CC2)CC1. The summed E-state index contributed by atoms with van der Waals surface area (Å²) in [5, 5.41) is 0. The molecule has 0 radical (unpaired) electrons. The normalized spacial score (nSPS) is 27.8. The van der Waals surface area contributed by atoms with E-state index in [0.29, 0.717) is 11.5 Å². The van der Waals surface area contributed by atoms with Crippen LogP contribution >= 0.6 is 0 Å². The van der Waals surface area contributed by atoms with Crippen LogP contribution in [0.3, 0.4) is 0 Å². The molecule has 1 aromatic rings. The van der Waals surface area contributed by atoms with Crippen molar-refractivity contribution in [2.24, 2.45) is 17.8 Å². The smallest absolute Gasteiger partial charge is 0.338 e. The average Bonchev–Trinajstić information content (AvgIpc) is 2.73. The van der Waals surface area contributed by atoms with Gasteiger partial charge in [-0.15, -0.1) is 0 Å². The number of esters is 1. The van der Waals surface area contributed by atoms with Crippen LogP contribution in [0.4, 0.5) is 0 Å². The van der Waals surface area contributed by atoms with Gasteiger partial charge >= 0.3 is 5.97 Å². The van der Waals surface area contributed by atoms with Crippen molar-refractivity contribution in [3.05, 3.63) is 47.5 Å². The fourth-order valence-corrected chi connectivity index (χ4v) is 4.37. The lowest BCUT2D eigenvalue weighted by Crippen LogP contribution is -2.24. The van der Waals surface area contributed by atoms with Crippen LogP contribution in [0.15, 0.2) is 36.4 Å². The third-order valence-electron chi connectivity index (χ3n) is 6.44. The van der Waals surface area contributed by atoms with Crippen LogP contribution in [-0.4, -0.2) is 12.1 Å². The lowest BCUT2D eigenvalue weighted by molar-refractivity contribution is 0.0188. The molecule has 0 N–H and O–H groups in total. The number of benzene rings is 1. The highest BCUT2D eigenvalue weighted by Crippen LogP contribution is 2.31. The molecular formula is C26H34O2. The second-order valence-electron chi connectivity index (χ2n) is 8.58. The first-order valence-electron chi connectivity index (χ1n) is 11.1. The number of ether oxygens (including phenoxy) is 1. The molecule has 2 nitrogen and oxygen atoms in total. The topological polar surface area (TPSA) is 26.3 Å². The summed E-state index contributed by atoms with van der Waals surface area (Å²) in [6.45, 7) is 4.33. The molecule has 0 atom stereocenters. The van der Waals surface area contributed by atoms with E-state index >= 15 is 0 Å². The molecule has 0 aliphatic heterocycles. The standard InChI is InChI=1S/C26H34O2/c1-3-21-10-12-22(13-11-21)6-4-5-7-23-14-18-25(19-15-23)28-26(27)24-16-8-20(2)9-17-24/h4,6,8-9,16-17,21-23,25H,3,10-15,18-19H2,1-2H3/b6-4+/t21-,22-,23-,25-. The Morgan fingerprint density at radius 2 is 1.71 bits per heavy atom. The molecule has 2 aliphatic carbocycles. The van der Waals surface area contributed by atoms with E-state index in [-0.39, 0.29) is 12.1 Å². The van der Waals surface area contributed by atoms with Crippen molar-refractivity contribution in [2.75, 3.05) is 0 Å². The molecule has 3 rings (SSSR count). The van der Waals surface area contributed by atoms with Gasteiger partial charge in [0, 0.05) is 5.92 Å². The van der Waals surface area contributed by atoms with Gasteiger partial charge < -0.3 is 4.74 Å². The van der Waals surface area contributed by atoms with Crippen molar-refractivity contribution in [1.82, 2.24) is 0 Å². The molecule has 1 aromatic carbocycles. The minimum atomic E-state index is -0.199. The lowest BCUT2D eigenvalue weighted by atomic mass is 9.81. The van der Waals surface area contributed by atoms with Gasteiger partial charge in [-0.2, -0.15) is 0 Å². The Bertz CT molecular complexity index is 703. The number of carbonyl (C=O) groups is 1. The maximum atomic E-state index is 12.2. The molecule has 2 aliphatic rings. The van der Waals surface area contributed by atoms with Crippen LogP contribution < -0.4 is 0 Å². The predicted molar refractivity (Wildman–Crippen MR) is 115 cm³/mol. The zero-order valence-corrected chi connectivity index (χ0v) is 17.5. The number of aryl methyl sites for hydroxylation is 1. The van der Waals surface area contributed by atoms with Crippen molar-refractivity contribution < 1.29 is 9.53 Å². The van der Waals surface area contributed by atoms with Crippen molar-refractivity contribution in [3.8, 4) is 11.8 Å². The highest BCUT2D eigenvalue weighted by molar-refractivity contribution is 5.89. The van der Waals surface area contributed by atoms with Gasteiger partial charge in [-0.25, -0.2) is 4.79 Å². The monoisotopic (exact) mass is 378 g/mol. The highest BCUT2D eigenvalue weighted by Gasteiger charge is 2.23. The summed E-state index contributed by atoms with van der Waals surface area (Å²) in [6.07, 6.45) is 15.1. The van der Waals surface area contributed by atoms with E-state index in [1.807, 2.05) is 31.2 Å². The Morgan fingerprint density at radius 3 is 2.36 bits per heavy atom. The van der Waals surface area contributed by atoms with Crippen molar-refractivity contribution in [2.45, 2.75) is 77.7 Å². The molecule has 0 unspecified atom stereocenters. The first-order chi connectivity index (χ1) is 13.6. The first-order valence-corrected chi connectivity index (χ1v) is 11.1. The summed E-state index contributed by atoms with van der Waals surface area (Å²) < 4.78 is 5.69. The van der Waals surface area contributed by atoms with Crippen LogP contribution in [0.1, 0.15) is 80.6 Å². The zero-order chi connectivity index (χ0) is 19.8. The zero-order valence-electron chi connectivity index (χ0n) is 17.5. The molecule has 0 heterocycles. The summed E-state index contributed by atoms with van der Waals surface area (Å²) in [5.74, 6) is 8.61. The summed E-state index contributed by atoms with van der Waals surface area (Å²) >= 11 is 0. The Balaban J connectivity index is 1.37. The van der Waals surface area contributed by atoms with Gasteiger partial charge in [0.25, 0.3) is 0 Å². The highest BCUT2D eigenvalue weighted by atomic mass is 16.5. The summed E-state index contributed by atoms with van der Waals surface area (Å²) in [6, 6.07) is 7.59. The van der Waals surface area contributed by atoms with Gasteiger partial charge in [0.15, 0.2) is 0 Å². The fraction of sp³-hybridized carbons (Fsp3) is 0.577. The van der Waals surface area contributed by atoms with Gasteiger partial charge in [-0.3, -0.25) is 0 Å². The second kappa shape index (κ2) is 10.5. The van der Waals surface area contributed by atoms with Gasteiger partial charge in [0.1, 0.15) is 6.10 Å². The molecule has 150 valence electrons. The number of hydrogen-bond donors (Lipinski definition) is 0. The van der Waals surface area contributed by atoms with E-state index in [0.717, 1.165) is 43.1 Å². The fourth-order valence-electron chi connectivity index (χ4n) is 4.37. The van der Waals surface area contributed by atoms with Crippen LogP contribution in [0.2, 0.25) is 0 Å². The molecule has 0 bridgehead atoms. The van der Waals surface area contributed by atoms with Gasteiger partial charge in [0.05, 0.1) is 5.56 Å². The molecular weight excluding hydrogens is 344 g/mol. The minimum absolute atomic E-state index is 0.0381. The Hall–Kier alpha value is -2.01. The maximum absolute atomic E-state index is 12.2. The van der Waals surface area contributed by atoms with Gasteiger partial charge in [0.2, 0.25) is 0 Å². The van der Waals surface area contributed by atoms with E-state index < -0.39 is 0 Å². The molecule has 2 fully saturated rings. The summed E-state index contributed by atoms with van der Waals surface area (Å²) in [5.41, 5.74) is 1.80. The van der Waals surface area contributed by atoms with E-state index in [2.05, 4.69) is 30.9 Å². The molecule has 2 saturated carbocycles. The van der Waals surface area contributed by atoms with Crippen molar-refractivity contribution >= 4 is 5.97 Å². The van der Waals surface area contributed by atoms with Crippen molar-refractivity contribution in [1.29, 1.82) is 0 Å². The third-order valence-corrected chi connectivity index (χ3v) is 6.44. The maximum Gasteiger partial charge on any atom is 0.338 e. The average molecular weight is 379 g/mol. The predicted octanol–water partition coefficient (Wildman–Crippen LogP) is 6.49. The molecule has 0 saturated heterocycles. The number of rotatable bonds is 4. The van der Waals surface area contributed by atoms with Crippen LogP contribution in [0, 0.1) is 36.5 Å². The van der Waals surface area contributed by atoms with Gasteiger partial charge in [-0.05, 0) is 88.3 Å². The minimum Gasteiger partial charge on any atom is -0.459 e. The molecule has 28 heavy (non-hydrogen) atoms. The largest absolute Gasteiger partial charge is 0.459 e. The van der Waals surface area contributed by atoms with Gasteiger partial charge in [-0.1, -0.05) is 49.0 Å². The third kappa shape index (κ3) is 6.26. The quantitative estimate of drug-likeness (QED) is 0.442. The molecule has 0 spiro atoms. The van der Waals surface area contributed by atoms with E-state index in [1.54, 1.807) is 0 Å². The van der Waals surface area contributed by atoms with E-state index in [1.165, 1.54) is 32.1 Å². The van der Waals surface area contributed by atoms with Crippen LogP contribution in [0.25, 0.3) is 0 Å². The van der Waals surface area contributed by atoms with Crippen molar-refractivity contribution in [3.63, 3.8) is 0 Å². The number of allylic oxidation sites excluding steroid dienone is 2. The molecule has 0 aromatic heterocycles. The lowest BCUT2D eigenvalue weighted by Gasteiger charge is -2.25. The molecule has 0 amide bonds. The van der Waals surface area contributed by atoms with Crippen LogP contribution in [-0.2, 0) is 4.74 Å². The van der Waals surface area contributed by atoms with E-state index in [9.17, 15) is 4.79 Å². The Labute approximate surface area is 170 Å². The first kappa shape index (κ1) is 20.7. The summed E-state index contributed by atoms with van der Waals surface area (Å²) in [4.78, 5) is 12.2. The second-order valence-corrected chi connectivity index (χ2v) is 8.58. The Morgan fingerprint density at radius 1 is 1.04 bits per heavy atom. The van der Waals surface area contributed by atoms with Crippen LogP contribution in [0.5, 0.6) is 0 Å². The Kier molecular flexibility index (Phi) is 7.78. The number of carbonyl (C=O) groups excluding carboxylic acids is 1. The summed E-state index contributed by atoms with van der Waals surface area (Å²) in [7, 11) is 0. The van der Waals surface area contributed by atoms with E-state index in [4.69, 9.17) is 4.74 Å². The number of hydrogen-bond acceptors (Lipinski definition) is 2. The molecule has 2 heteroatoms.